The summed E-state index contributed by atoms with van der Waals surface area (Å²) in [5.74, 6) is -4.79. The van der Waals surface area contributed by atoms with Crippen LogP contribution in [-0.4, -0.2) is 85.6 Å². The van der Waals surface area contributed by atoms with E-state index in [4.69, 9.17) is 10.2 Å². The Morgan fingerprint density at radius 3 is 2.11 bits per heavy atom. The first-order chi connectivity index (χ1) is 17.0. The molecule has 4 amide bonds. The van der Waals surface area contributed by atoms with E-state index < -0.39 is 48.9 Å². The van der Waals surface area contributed by atoms with Crippen molar-refractivity contribution in [1.82, 2.24) is 15.7 Å². The van der Waals surface area contributed by atoms with Crippen LogP contribution in [0, 0.1) is 0 Å². The highest BCUT2D eigenvalue weighted by atomic mass is 32.2. The molecule has 0 aliphatic carbocycles. The van der Waals surface area contributed by atoms with Gasteiger partial charge in [0.2, 0.25) is 0 Å². The Kier molecular flexibility index (Phi) is 12.7. The van der Waals surface area contributed by atoms with Gasteiger partial charge < -0.3 is 31.3 Å². The minimum atomic E-state index is -1.87. The number of carbonyl (C=O) groups is 6. The normalized spacial score (nSPS) is 12.1. The molecule has 1 aromatic rings. The van der Waals surface area contributed by atoms with Crippen LogP contribution in [0.3, 0.4) is 0 Å². The molecule has 0 aliphatic rings. The lowest BCUT2D eigenvalue weighted by molar-refractivity contribution is -0.158. The largest absolute Gasteiger partial charge is 0.481 e. The van der Waals surface area contributed by atoms with E-state index in [1.165, 1.54) is 12.1 Å². The molecule has 7 N–H and O–H groups in total. The molecule has 0 aliphatic heterocycles. The van der Waals surface area contributed by atoms with Crippen molar-refractivity contribution in [3.05, 3.63) is 29.8 Å². The molecule has 2 atom stereocenters. The lowest BCUT2D eigenvalue weighted by atomic mass is 10.1. The van der Waals surface area contributed by atoms with Crippen LogP contribution in [0.2, 0.25) is 0 Å². The van der Waals surface area contributed by atoms with Gasteiger partial charge in [-0.15, -0.1) is 0 Å². The van der Waals surface area contributed by atoms with Crippen LogP contribution in [0.25, 0.3) is 0 Å². The fraction of sp³-hybridized carbons (Fsp3) is 0.429. The molecule has 1 rings (SSSR count). The van der Waals surface area contributed by atoms with Crippen LogP contribution >= 0.6 is 11.8 Å². The van der Waals surface area contributed by atoms with E-state index in [1.807, 2.05) is 5.32 Å². The fourth-order valence-electron chi connectivity index (χ4n) is 2.88. The summed E-state index contributed by atoms with van der Waals surface area (Å²) in [7, 11) is 0. The van der Waals surface area contributed by atoms with Crippen LogP contribution in [0.15, 0.2) is 24.3 Å². The molecule has 0 heterocycles. The molecule has 0 radical (unpaired) electrons. The Morgan fingerprint density at radius 1 is 0.944 bits per heavy atom. The summed E-state index contributed by atoms with van der Waals surface area (Å²) in [6.45, 7) is 0.201. The van der Waals surface area contributed by atoms with Crippen LogP contribution in [0.4, 0.5) is 15.3 Å². The number of unbranched alkanes of at least 4 members (excludes halogenated alkanes) is 1. The first kappa shape index (κ1) is 30.2. The molecule has 15 heteroatoms. The van der Waals surface area contributed by atoms with Crippen molar-refractivity contribution in [2.75, 3.05) is 18.1 Å². The highest BCUT2D eigenvalue weighted by Gasteiger charge is 2.31. The second-order valence-corrected chi connectivity index (χ2v) is 8.20. The average Bonchev–Trinajstić information content (AvgIpc) is 2.82. The molecule has 14 nitrogen and oxygen atoms in total. The predicted octanol–water partition coefficient (Wildman–Crippen LogP) is 1.65. The number of carboxylic acids is 3. The molecule has 0 fully saturated rings. The van der Waals surface area contributed by atoms with Gasteiger partial charge in [0.25, 0.3) is 11.1 Å². The van der Waals surface area contributed by atoms with Gasteiger partial charge in [0.05, 0.1) is 0 Å². The molecule has 0 unspecified atom stereocenters. The molecular formula is C21H28N4O10S. The van der Waals surface area contributed by atoms with Gasteiger partial charge >= 0.3 is 23.9 Å². The van der Waals surface area contributed by atoms with Crippen molar-refractivity contribution in [1.29, 1.82) is 0 Å². The predicted molar refractivity (Wildman–Crippen MR) is 127 cm³/mol. The zero-order valence-electron chi connectivity index (χ0n) is 19.3. The molecule has 0 spiro atoms. The van der Waals surface area contributed by atoms with E-state index >= 15 is 0 Å². The van der Waals surface area contributed by atoms with Crippen LogP contribution in [-0.2, 0) is 14.4 Å². The van der Waals surface area contributed by atoms with Gasteiger partial charge in [-0.05, 0) is 56.2 Å². The van der Waals surface area contributed by atoms with Gasteiger partial charge in [0, 0.05) is 24.2 Å². The zero-order valence-corrected chi connectivity index (χ0v) is 20.1. The highest BCUT2D eigenvalue weighted by molar-refractivity contribution is 8.13. The van der Waals surface area contributed by atoms with E-state index in [0.29, 0.717) is 17.7 Å². The summed E-state index contributed by atoms with van der Waals surface area (Å²) in [5, 5.41) is 43.7. The van der Waals surface area contributed by atoms with Gasteiger partial charge in [-0.25, -0.2) is 14.4 Å². The van der Waals surface area contributed by atoms with E-state index in [-0.39, 0.29) is 35.6 Å². The smallest absolute Gasteiger partial charge is 0.342 e. The number of thioether (sulfide) groups is 1. The molecule has 0 aromatic heterocycles. The standard InChI is InChI=1S/C21H28N4O10S/c1-36-21(34)23-13-7-5-12(6-8-13)17(28)22-11-3-2-4-14(18(29)30)24-20(33)25(35)15(19(31)32)9-10-16(26)27/h5-8,14-15,35H,2-4,9-11H2,1H3,(H,22,28)(H,23,34)(H,24,33)(H,26,27)(H,29,30)(H,31,32)/t14-,15-/m0/s1. The molecule has 1 aromatic carbocycles. The third kappa shape index (κ3) is 10.6. The van der Waals surface area contributed by atoms with Crippen LogP contribution in [0.5, 0.6) is 0 Å². The summed E-state index contributed by atoms with van der Waals surface area (Å²) in [4.78, 5) is 68.9. The van der Waals surface area contributed by atoms with Gasteiger partial charge in [-0.1, -0.05) is 11.8 Å². The van der Waals surface area contributed by atoms with E-state index in [1.54, 1.807) is 18.4 Å². The molecule has 0 bridgehead atoms. The summed E-state index contributed by atoms with van der Waals surface area (Å²) >= 11 is 1.01. The molecule has 36 heavy (non-hydrogen) atoms. The summed E-state index contributed by atoms with van der Waals surface area (Å²) in [6, 6.07) is 1.48. The van der Waals surface area contributed by atoms with Crippen LogP contribution in [0.1, 0.15) is 42.5 Å². The van der Waals surface area contributed by atoms with E-state index in [9.17, 15) is 39.1 Å². The number of nitrogens with one attached hydrogen (secondary N) is 3. The van der Waals surface area contributed by atoms with Crippen LogP contribution < -0.4 is 16.0 Å². The average molecular weight is 529 g/mol. The van der Waals surface area contributed by atoms with Crippen molar-refractivity contribution in [2.24, 2.45) is 0 Å². The maximum atomic E-state index is 12.2. The Hall–Kier alpha value is -3.85. The Bertz CT molecular complexity index is 957. The number of aliphatic carboxylic acids is 3. The molecule has 0 saturated carbocycles. The molecular weight excluding hydrogens is 500 g/mol. The van der Waals surface area contributed by atoms with Crippen molar-refractivity contribution in [2.45, 2.75) is 44.2 Å². The topological polar surface area (TPSA) is 223 Å². The van der Waals surface area contributed by atoms with Crippen molar-refractivity contribution < 1.29 is 49.3 Å². The second kappa shape index (κ2) is 15.2. The summed E-state index contributed by atoms with van der Waals surface area (Å²) in [5.41, 5.74) is 0.886. The van der Waals surface area contributed by atoms with Crippen molar-refractivity contribution >= 4 is 52.5 Å². The Morgan fingerprint density at radius 2 is 1.58 bits per heavy atom. The fourth-order valence-corrected chi connectivity index (χ4v) is 3.10. The first-order valence-corrected chi connectivity index (χ1v) is 11.9. The maximum Gasteiger partial charge on any atom is 0.342 e. The monoisotopic (exact) mass is 528 g/mol. The molecule has 198 valence electrons. The van der Waals surface area contributed by atoms with E-state index in [2.05, 4.69) is 10.6 Å². The number of hydrogen-bond acceptors (Lipinski definition) is 8. The van der Waals surface area contributed by atoms with Gasteiger partial charge in [0.1, 0.15) is 6.04 Å². The minimum Gasteiger partial charge on any atom is -0.481 e. The van der Waals surface area contributed by atoms with Gasteiger partial charge in [-0.3, -0.25) is 19.6 Å². The maximum absolute atomic E-state index is 12.2. The number of benzene rings is 1. The third-order valence-electron chi connectivity index (χ3n) is 4.80. The highest BCUT2D eigenvalue weighted by Crippen LogP contribution is 2.12. The lowest BCUT2D eigenvalue weighted by Crippen LogP contribution is -2.52. The number of nitrogens with zero attached hydrogens (tertiary/aromatic N) is 1. The number of hydroxylamine groups is 2. The quantitative estimate of drug-likeness (QED) is 0.104. The SMILES string of the molecule is CSC(=O)Nc1ccc(C(=O)NCCCC[C@H](NC(=O)N(O)[C@@H](CCC(=O)O)C(=O)O)C(=O)O)cc1. The summed E-state index contributed by atoms with van der Waals surface area (Å²) in [6.07, 6.45) is 0.943. The summed E-state index contributed by atoms with van der Waals surface area (Å²) < 4.78 is 0. The zero-order chi connectivity index (χ0) is 27.3. The number of rotatable bonds is 14. The number of carboxylic acid groups (broad SMARTS) is 3. The number of amides is 4. The number of urea groups is 1. The van der Waals surface area contributed by atoms with Crippen molar-refractivity contribution in [3.8, 4) is 0 Å². The number of anilines is 1. The molecule has 0 saturated heterocycles. The lowest BCUT2D eigenvalue weighted by Gasteiger charge is -2.24. The van der Waals surface area contributed by atoms with E-state index in [0.717, 1.165) is 11.8 Å². The number of hydrogen-bond donors (Lipinski definition) is 7. The Balaban J connectivity index is 2.50. The second-order valence-electron chi connectivity index (χ2n) is 7.42. The first-order valence-electron chi connectivity index (χ1n) is 10.7. The Labute approximate surface area is 210 Å². The third-order valence-corrected chi connectivity index (χ3v) is 5.27. The number of carbonyl (C=O) groups excluding carboxylic acids is 3. The van der Waals surface area contributed by atoms with Gasteiger partial charge in [0.15, 0.2) is 6.04 Å². The minimum absolute atomic E-state index is 0.0819. The van der Waals surface area contributed by atoms with Crippen molar-refractivity contribution in [3.63, 3.8) is 0 Å². The van der Waals surface area contributed by atoms with Gasteiger partial charge in [-0.2, -0.15) is 5.06 Å².